The molecule has 1 aliphatic rings. The fourth-order valence-corrected chi connectivity index (χ4v) is 2.16. The molecule has 0 unspecified atom stereocenters. The molecule has 0 bridgehead atoms. The number of hydrogen-bond donors (Lipinski definition) is 0. The van der Waals surface area contributed by atoms with Crippen molar-refractivity contribution in [3.8, 4) is 0 Å². The van der Waals surface area contributed by atoms with Crippen LogP contribution in [-0.4, -0.2) is 49.8 Å². The predicted octanol–water partition coefficient (Wildman–Crippen LogP) is 2.08. The number of methoxy groups -OCH3 is 2. The van der Waals surface area contributed by atoms with Gasteiger partial charge in [0.25, 0.3) is 0 Å². The first-order chi connectivity index (χ1) is 9.74. The van der Waals surface area contributed by atoms with E-state index in [9.17, 15) is 0 Å². The molecule has 0 saturated carbocycles. The summed E-state index contributed by atoms with van der Waals surface area (Å²) in [5, 5.41) is 0. The SMILES string of the molecule is COC(CCN1C=C(c2cnccc2C)C=NC1)OC. The minimum atomic E-state index is -0.169. The lowest BCUT2D eigenvalue weighted by Gasteiger charge is -2.24. The van der Waals surface area contributed by atoms with Gasteiger partial charge in [-0.25, -0.2) is 0 Å². The van der Waals surface area contributed by atoms with Gasteiger partial charge in [-0.3, -0.25) is 9.98 Å². The summed E-state index contributed by atoms with van der Waals surface area (Å²) in [7, 11) is 3.31. The Morgan fingerprint density at radius 1 is 1.35 bits per heavy atom. The van der Waals surface area contributed by atoms with Crippen LogP contribution >= 0.6 is 0 Å². The molecule has 0 spiro atoms. The Hall–Kier alpha value is -1.72. The van der Waals surface area contributed by atoms with Crippen molar-refractivity contribution in [3.63, 3.8) is 0 Å². The number of ether oxygens (including phenoxy) is 2. The molecule has 0 amide bonds. The molecule has 0 N–H and O–H groups in total. The van der Waals surface area contributed by atoms with E-state index < -0.39 is 0 Å². The largest absolute Gasteiger partial charge is 0.358 e. The summed E-state index contributed by atoms with van der Waals surface area (Å²) >= 11 is 0. The third-order valence-electron chi connectivity index (χ3n) is 3.34. The molecule has 0 fully saturated rings. The fraction of sp³-hybridized carbons (Fsp3) is 0.467. The summed E-state index contributed by atoms with van der Waals surface area (Å²) in [6, 6.07) is 2.01. The topological polar surface area (TPSA) is 47.0 Å². The lowest BCUT2D eigenvalue weighted by molar-refractivity contribution is -0.108. The van der Waals surface area contributed by atoms with E-state index in [-0.39, 0.29) is 6.29 Å². The van der Waals surface area contributed by atoms with Crippen molar-refractivity contribution < 1.29 is 9.47 Å². The number of allylic oxidation sites excluding steroid dienone is 1. The summed E-state index contributed by atoms with van der Waals surface area (Å²) in [5.41, 5.74) is 3.41. The van der Waals surface area contributed by atoms with Gasteiger partial charge in [0, 0.05) is 63.1 Å². The molecule has 108 valence electrons. The van der Waals surface area contributed by atoms with E-state index in [1.54, 1.807) is 20.4 Å². The molecule has 1 aromatic heterocycles. The Kier molecular flexibility index (Phi) is 5.26. The number of pyridine rings is 1. The van der Waals surface area contributed by atoms with Crippen molar-refractivity contribution in [1.82, 2.24) is 9.88 Å². The second-order valence-corrected chi connectivity index (χ2v) is 4.73. The highest BCUT2D eigenvalue weighted by Crippen LogP contribution is 2.19. The maximum absolute atomic E-state index is 5.20. The van der Waals surface area contributed by atoms with E-state index in [2.05, 4.69) is 28.0 Å². The highest BCUT2D eigenvalue weighted by molar-refractivity contribution is 6.10. The van der Waals surface area contributed by atoms with E-state index >= 15 is 0 Å². The first kappa shape index (κ1) is 14.7. The summed E-state index contributed by atoms with van der Waals surface area (Å²) in [4.78, 5) is 10.8. The lowest BCUT2D eigenvalue weighted by atomic mass is 10.0. The zero-order valence-electron chi connectivity index (χ0n) is 12.2. The summed E-state index contributed by atoms with van der Waals surface area (Å²) in [5.74, 6) is 0. The van der Waals surface area contributed by atoms with Gasteiger partial charge in [0.2, 0.25) is 0 Å². The van der Waals surface area contributed by atoms with Gasteiger partial charge in [-0.15, -0.1) is 0 Å². The smallest absolute Gasteiger partial charge is 0.158 e. The van der Waals surface area contributed by atoms with Crippen molar-refractivity contribution in [3.05, 3.63) is 35.8 Å². The number of aromatic nitrogens is 1. The second-order valence-electron chi connectivity index (χ2n) is 4.73. The van der Waals surface area contributed by atoms with Crippen LogP contribution in [0.4, 0.5) is 0 Å². The number of aryl methyl sites for hydroxylation is 1. The van der Waals surface area contributed by atoms with Crippen LogP contribution in [0.25, 0.3) is 5.57 Å². The average Bonchev–Trinajstić information content (AvgIpc) is 2.49. The first-order valence-corrected chi connectivity index (χ1v) is 6.67. The quantitative estimate of drug-likeness (QED) is 0.746. The number of hydrogen-bond acceptors (Lipinski definition) is 5. The highest BCUT2D eigenvalue weighted by Gasteiger charge is 2.12. The zero-order chi connectivity index (χ0) is 14.4. The van der Waals surface area contributed by atoms with Crippen molar-refractivity contribution >= 4 is 11.8 Å². The van der Waals surface area contributed by atoms with Crippen molar-refractivity contribution in [2.45, 2.75) is 19.6 Å². The van der Waals surface area contributed by atoms with Crippen LogP contribution in [0.1, 0.15) is 17.5 Å². The monoisotopic (exact) mass is 275 g/mol. The standard InChI is InChI=1S/C15H21N3O2/c1-12-4-6-16-9-14(12)13-8-17-11-18(10-13)7-5-15(19-2)20-3/h4,6,8-10,15H,5,7,11H2,1-3H3. The van der Waals surface area contributed by atoms with Crippen LogP contribution in [0.2, 0.25) is 0 Å². The van der Waals surface area contributed by atoms with Gasteiger partial charge in [0.05, 0.1) is 0 Å². The second kappa shape index (κ2) is 7.17. The molecular formula is C15H21N3O2. The third-order valence-corrected chi connectivity index (χ3v) is 3.34. The number of rotatable bonds is 6. The van der Waals surface area contributed by atoms with Gasteiger partial charge in [-0.05, 0) is 18.6 Å². The highest BCUT2D eigenvalue weighted by atomic mass is 16.7. The number of nitrogens with zero attached hydrogens (tertiary/aromatic N) is 3. The Labute approximate surface area is 119 Å². The lowest BCUT2D eigenvalue weighted by Crippen LogP contribution is -2.26. The molecule has 20 heavy (non-hydrogen) atoms. The third kappa shape index (κ3) is 3.65. The van der Waals surface area contributed by atoms with E-state index in [0.717, 1.165) is 24.1 Å². The fourth-order valence-electron chi connectivity index (χ4n) is 2.16. The maximum Gasteiger partial charge on any atom is 0.158 e. The molecule has 5 nitrogen and oxygen atoms in total. The molecule has 1 aliphatic heterocycles. The van der Waals surface area contributed by atoms with Crippen LogP contribution in [-0.2, 0) is 9.47 Å². The molecular weight excluding hydrogens is 254 g/mol. The molecule has 0 aliphatic carbocycles. The summed E-state index contributed by atoms with van der Waals surface area (Å²) in [6.45, 7) is 3.59. The van der Waals surface area contributed by atoms with Crippen molar-refractivity contribution in [2.75, 3.05) is 27.4 Å². The maximum atomic E-state index is 5.20. The summed E-state index contributed by atoms with van der Waals surface area (Å²) in [6.07, 6.45) is 8.35. The van der Waals surface area contributed by atoms with Crippen LogP contribution in [0.5, 0.6) is 0 Å². The average molecular weight is 275 g/mol. The molecule has 0 atom stereocenters. The molecule has 2 rings (SSSR count). The number of aliphatic imine (C=N–C) groups is 1. The van der Waals surface area contributed by atoms with Gasteiger partial charge in [0.1, 0.15) is 6.67 Å². The Balaban J connectivity index is 2.04. The molecule has 0 radical (unpaired) electrons. The Bertz CT molecular complexity index is 496. The Morgan fingerprint density at radius 3 is 2.85 bits per heavy atom. The van der Waals surface area contributed by atoms with Crippen molar-refractivity contribution in [2.24, 2.45) is 4.99 Å². The molecule has 2 heterocycles. The molecule has 1 aromatic rings. The Morgan fingerprint density at radius 2 is 2.15 bits per heavy atom. The van der Waals surface area contributed by atoms with E-state index in [1.807, 2.05) is 18.5 Å². The minimum Gasteiger partial charge on any atom is -0.358 e. The van der Waals surface area contributed by atoms with Crippen LogP contribution in [0.3, 0.4) is 0 Å². The van der Waals surface area contributed by atoms with Crippen LogP contribution in [0, 0.1) is 6.92 Å². The first-order valence-electron chi connectivity index (χ1n) is 6.67. The van der Waals surface area contributed by atoms with E-state index in [0.29, 0.717) is 6.67 Å². The van der Waals surface area contributed by atoms with E-state index in [1.165, 1.54) is 5.56 Å². The summed E-state index contributed by atoms with van der Waals surface area (Å²) < 4.78 is 10.4. The normalized spacial score (nSPS) is 14.8. The predicted molar refractivity (Wildman–Crippen MR) is 79.4 cm³/mol. The van der Waals surface area contributed by atoms with Gasteiger partial charge < -0.3 is 14.4 Å². The van der Waals surface area contributed by atoms with Gasteiger partial charge in [-0.2, -0.15) is 0 Å². The van der Waals surface area contributed by atoms with Crippen LogP contribution in [0.15, 0.2) is 29.7 Å². The molecule has 5 heteroatoms. The van der Waals surface area contributed by atoms with Crippen LogP contribution < -0.4 is 0 Å². The zero-order valence-corrected chi connectivity index (χ0v) is 12.2. The minimum absolute atomic E-state index is 0.169. The van der Waals surface area contributed by atoms with Crippen molar-refractivity contribution in [1.29, 1.82) is 0 Å². The van der Waals surface area contributed by atoms with E-state index in [4.69, 9.17) is 9.47 Å². The van der Waals surface area contributed by atoms with Gasteiger partial charge in [-0.1, -0.05) is 0 Å². The molecule has 0 saturated heterocycles. The van der Waals surface area contributed by atoms with Gasteiger partial charge in [0.15, 0.2) is 6.29 Å². The molecule has 0 aromatic carbocycles. The van der Waals surface area contributed by atoms with Gasteiger partial charge >= 0.3 is 0 Å².